The lowest BCUT2D eigenvalue weighted by molar-refractivity contribution is -0.389. The van der Waals surface area contributed by atoms with Crippen LogP contribution in [0.25, 0.3) is 0 Å². The second kappa shape index (κ2) is 23.2. The molecule has 5 saturated heterocycles. The van der Waals surface area contributed by atoms with Crippen LogP contribution >= 0.6 is 0 Å². The predicted octanol–water partition coefficient (Wildman–Crippen LogP) is -2.50. The van der Waals surface area contributed by atoms with E-state index in [9.17, 15) is 79.0 Å². The summed E-state index contributed by atoms with van der Waals surface area (Å²) in [6, 6.07) is 0. The highest BCUT2D eigenvalue weighted by molar-refractivity contribution is 7.80. The van der Waals surface area contributed by atoms with Crippen molar-refractivity contribution in [1.29, 1.82) is 0 Å². The number of methoxy groups -OCH3 is 1. The molecular formula is C54H86O27S. The molecule has 0 bridgehead atoms. The zero-order valence-electron chi connectivity index (χ0n) is 47.5. The quantitative estimate of drug-likeness (QED) is 0.0329. The fourth-order valence-corrected chi connectivity index (χ4v) is 16.7. The molecule has 4 aliphatic carbocycles. The number of fused-ring (bicyclic) bond motifs is 4. The zero-order valence-corrected chi connectivity index (χ0v) is 48.3. The van der Waals surface area contributed by atoms with Crippen LogP contribution in [0.4, 0.5) is 0 Å². The molecule has 82 heavy (non-hydrogen) atoms. The third kappa shape index (κ3) is 10.2. The van der Waals surface area contributed by atoms with Gasteiger partial charge in [0.05, 0.1) is 44.2 Å². The summed E-state index contributed by atoms with van der Waals surface area (Å²) in [5.41, 5.74) is -5.86. The minimum absolute atomic E-state index is 0.103. The molecule has 0 aromatic carbocycles. The monoisotopic (exact) mass is 1200 g/mol. The lowest BCUT2D eigenvalue weighted by Gasteiger charge is -2.64. The maximum atomic E-state index is 14.5. The number of hydrogen-bond acceptors (Lipinski definition) is 26. The third-order valence-corrected chi connectivity index (χ3v) is 21.2. The third-order valence-electron chi connectivity index (χ3n) is 20.7. The Hall–Kier alpha value is -2.02. The first-order valence-corrected chi connectivity index (χ1v) is 29.6. The molecule has 470 valence electrons. The van der Waals surface area contributed by atoms with Crippen LogP contribution in [-0.2, 0) is 66.7 Å². The van der Waals surface area contributed by atoms with Crippen LogP contribution in [0.1, 0.15) is 100 Å². The molecule has 5 aliphatic heterocycles. The van der Waals surface area contributed by atoms with E-state index in [-0.39, 0.29) is 24.7 Å². The number of ether oxygens (including phenoxy) is 10. The molecule has 28 heteroatoms. The number of rotatable bonds is 16. The highest BCUT2D eigenvalue weighted by atomic mass is 32.3. The summed E-state index contributed by atoms with van der Waals surface area (Å²) in [7, 11) is -4.03. The average molecular weight is 1200 g/mol. The summed E-state index contributed by atoms with van der Waals surface area (Å²) in [5, 5.41) is 136. The fraction of sp³-hybridized carbons (Fsp3) is 0.907. The van der Waals surface area contributed by atoms with E-state index in [1.807, 2.05) is 40.7 Å². The maximum absolute atomic E-state index is 14.5. The number of esters is 1. The van der Waals surface area contributed by atoms with Gasteiger partial charge in [-0.3, -0.25) is 9.35 Å². The van der Waals surface area contributed by atoms with Crippen LogP contribution in [0, 0.1) is 33.5 Å². The molecule has 29 atom stereocenters. The van der Waals surface area contributed by atoms with E-state index in [4.69, 9.17) is 51.6 Å². The van der Waals surface area contributed by atoms with Gasteiger partial charge in [0.25, 0.3) is 0 Å². The molecule has 13 N–H and O–H groups in total. The Morgan fingerprint density at radius 3 is 1.91 bits per heavy atom. The lowest BCUT2D eigenvalue weighted by atomic mass is 9.40. The second-order valence-electron chi connectivity index (χ2n) is 25.6. The number of aliphatic hydroxyl groups is 12. The van der Waals surface area contributed by atoms with Crippen molar-refractivity contribution in [2.24, 2.45) is 33.5 Å². The zero-order chi connectivity index (χ0) is 60.4. The molecule has 9 aliphatic rings. The van der Waals surface area contributed by atoms with E-state index in [1.54, 1.807) is 13.0 Å². The Labute approximate surface area is 475 Å². The normalized spacial score (nSPS) is 51.4. The van der Waals surface area contributed by atoms with Gasteiger partial charge in [-0.05, 0) is 101 Å². The number of carbonyl (C=O) groups is 1. The van der Waals surface area contributed by atoms with E-state index < -0.39 is 204 Å². The largest absolute Gasteiger partial charge is 0.453 e. The first-order valence-electron chi connectivity index (χ1n) is 28.3. The van der Waals surface area contributed by atoms with Crippen LogP contribution in [0.15, 0.2) is 23.3 Å². The van der Waals surface area contributed by atoms with Crippen LogP contribution in [0.2, 0.25) is 0 Å². The Balaban J connectivity index is 0.917. The van der Waals surface area contributed by atoms with Crippen molar-refractivity contribution in [2.75, 3.05) is 26.9 Å². The molecule has 8 fully saturated rings. The number of aliphatic hydroxyl groups excluding tert-OH is 11. The topological polar surface area (TPSA) is 416 Å². The van der Waals surface area contributed by atoms with Crippen LogP contribution < -0.4 is 0 Å². The Morgan fingerprint density at radius 1 is 0.732 bits per heavy atom. The van der Waals surface area contributed by atoms with Crippen molar-refractivity contribution >= 4 is 16.4 Å². The predicted molar refractivity (Wildman–Crippen MR) is 275 cm³/mol. The molecular weight excluding hydrogens is 1110 g/mol. The smallest absolute Gasteiger partial charge is 0.397 e. The van der Waals surface area contributed by atoms with E-state index >= 15 is 0 Å². The molecule has 0 amide bonds. The number of hydrogen-bond donors (Lipinski definition) is 13. The summed E-state index contributed by atoms with van der Waals surface area (Å²) in [6.45, 7) is 12.5. The van der Waals surface area contributed by atoms with Crippen LogP contribution in [0.3, 0.4) is 0 Å². The van der Waals surface area contributed by atoms with Crippen molar-refractivity contribution in [1.82, 2.24) is 0 Å². The highest BCUT2D eigenvalue weighted by Crippen LogP contribution is 2.77. The van der Waals surface area contributed by atoms with Crippen LogP contribution in [0.5, 0.6) is 0 Å². The van der Waals surface area contributed by atoms with Crippen molar-refractivity contribution in [3.8, 4) is 0 Å². The van der Waals surface area contributed by atoms with E-state index in [0.29, 0.717) is 32.1 Å². The van der Waals surface area contributed by atoms with Crippen molar-refractivity contribution in [3.63, 3.8) is 0 Å². The average Bonchev–Trinajstić information content (AvgIpc) is 1.46. The summed E-state index contributed by atoms with van der Waals surface area (Å²) >= 11 is 0. The van der Waals surface area contributed by atoms with Gasteiger partial charge in [-0.15, -0.1) is 0 Å². The lowest BCUT2D eigenvalue weighted by Crippen LogP contribution is -2.69. The highest BCUT2D eigenvalue weighted by Gasteiger charge is 2.86. The summed E-state index contributed by atoms with van der Waals surface area (Å²) in [4.78, 5) is 14.5. The number of carbonyl (C=O) groups excluding carboxylic acids is 1. The maximum Gasteiger partial charge on any atom is 0.397 e. The summed E-state index contributed by atoms with van der Waals surface area (Å²) in [6.07, 6.45) is -29.8. The van der Waals surface area contributed by atoms with Crippen molar-refractivity contribution in [3.05, 3.63) is 23.3 Å². The van der Waals surface area contributed by atoms with Gasteiger partial charge in [0.15, 0.2) is 30.8 Å². The Bertz CT molecular complexity index is 2480. The van der Waals surface area contributed by atoms with E-state index in [0.717, 1.165) is 11.1 Å². The summed E-state index contributed by atoms with van der Waals surface area (Å²) in [5.74, 6) is -1.19. The molecule has 9 rings (SSSR count). The SMILES string of the molecule is COC1C(O)C(CO)OC(OC2C(O)C(CO)OC(OC3C(C)OC(OC4C(OC5CC[C@]6(C)C7=CC(O)C89C(=O)O[C@@](C)(C(O)CC=C(C)C)[C@@]8(O)CC[C@@]9(C)[C@@H]7CCC6C5(C)C)OCC(OS(=O)(=O)O)C4O)C(O)C3O)C2O)C1O. The standard InChI is InChI=1S/C54H86O27S/c1-22(2)10-13-30(57)52(8)53(67)17-16-51(7)24-11-12-29-49(4,5)32(14-15-50(29,6)25(24)18-31(58)54(51,53)48(66)80-52)76-47-43(35(61)28(21-72-47)81-82(68,69)70)79-44-37(63)36(62)40(23(3)73-44)77-46-39(65)42(34(60)27(20-56)75-46)78-45-38(64)41(71-9)33(59)26(19-55)74-45/h10,18,23-24,26-47,55-65,67H,11-17,19-21H2,1-9H3,(H,68,69,70)/t23?,24-,26?,27?,28?,29?,30?,31?,32?,33?,34?,35?,36?,37?,38?,39?,40?,41?,42?,43?,44?,45?,46?,47?,50-,51+,52+,53+,54?/m1/s1. The number of cyclic esters (lactones) is 1. The van der Waals surface area contributed by atoms with Crippen molar-refractivity contribution in [2.45, 2.75) is 247 Å². The van der Waals surface area contributed by atoms with Gasteiger partial charge in [-0.2, -0.15) is 8.42 Å². The first kappa shape index (κ1) is 64.5. The second-order valence-corrected chi connectivity index (χ2v) is 26.7. The minimum atomic E-state index is -5.20. The van der Waals surface area contributed by atoms with Crippen LogP contribution in [-0.4, -0.2) is 253 Å². The molecule has 0 radical (unpaired) electrons. The fourth-order valence-electron chi connectivity index (χ4n) is 16.2. The Morgan fingerprint density at radius 2 is 1.32 bits per heavy atom. The molecule has 1 spiro atoms. The number of allylic oxidation sites excluding steroid dienone is 2. The van der Waals surface area contributed by atoms with Gasteiger partial charge < -0.3 is 109 Å². The van der Waals surface area contributed by atoms with Gasteiger partial charge in [0, 0.05) is 7.11 Å². The molecule has 24 unspecified atom stereocenters. The molecule has 27 nitrogen and oxygen atoms in total. The van der Waals surface area contributed by atoms with Gasteiger partial charge >= 0.3 is 16.4 Å². The Kier molecular flexibility index (Phi) is 18.2. The molecule has 3 saturated carbocycles. The van der Waals surface area contributed by atoms with Gasteiger partial charge in [0.2, 0.25) is 0 Å². The summed E-state index contributed by atoms with van der Waals surface area (Å²) < 4.78 is 97.6. The van der Waals surface area contributed by atoms with Gasteiger partial charge in [-0.25, -0.2) is 4.18 Å². The van der Waals surface area contributed by atoms with E-state index in [2.05, 4.69) is 6.92 Å². The van der Waals surface area contributed by atoms with E-state index in [1.165, 1.54) is 14.0 Å². The molecule has 0 aromatic heterocycles. The van der Waals surface area contributed by atoms with Gasteiger partial charge in [-0.1, -0.05) is 51.0 Å². The van der Waals surface area contributed by atoms with Gasteiger partial charge in [0.1, 0.15) is 96.5 Å². The molecule has 0 aromatic rings. The molecule has 5 heterocycles. The first-order chi connectivity index (χ1) is 38.2. The minimum Gasteiger partial charge on any atom is -0.453 e. The van der Waals surface area contributed by atoms with Crippen molar-refractivity contribution < 1.29 is 131 Å².